The van der Waals surface area contributed by atoms with Gasteiger partial charge in [-0.2, -0.15) is 0 Å². The van der Waals surface area contributed by atoms with Gasteiger partial charge >= 0.3 is 5.97 Å². The maximum absolute atomic E-state index is 11.8. The molecule has 0 aromatic carbocycles. The molecular weight excluding hydrogens is 242 g/mol. The number of esters is 1. The highest BCUT2D eigenvalue weighted by molar-refractivity contribution is 5.81. The molecule has 19 heavy (non-hydrogen) atoms. The second-order valence-corrected chi connectivity index (χ2v) is 4.52. The van der Waals surface area contributed by atoms with Crippen LogP contribution in [0.2, 0.25) is 0 Å². The Morgan fingerprint density at radius 1 is 1.58 bits per heavy atom. The number of aliphatic imine (C=N–C) groups is 1. The molecule has 0 spiro atoms. The van der Waals surface area contributed by atoms with Crippen molar-refractivity contribution in [3.63, 3.8) is 0 Å². The van der Waals surface area contributed by atoms with E-state index in [0.29, 0.717) is 19.7 Å². The molecule has 1 N–H and O–H groups in total. The minimum Gasteiger partial charge on any atom is -0.466 e. The normalized spacial score (nSPS) is 20.0. The fourth-order valence-electron chi connectivity index (χ4n) is 2.20. The molecule has 108 valence electrons. The summed E-state index contributed by atoms with van der Waals surface area (Å²) in [7, 11) is 0. The maximum Gasteiger partial charge on any atom is 0.310 e. The highest BCUT2D eigenvalue weighted by Crippen LogP contribution is 2.18. The van der Waals surface area contributed by atoms with Gasteiger partial charge in [0.2, 0.25) is 0 Å². The third-order valence-corrected chi connectivity index (χ3v) is 3.05. The quantitative estimate of drug-likeness (QED) is 0.354. The predicted molar refractivity (Wildman–Crippen MR) is 77.1 cm³/mol. The second-order valence-electron chi connectivity index (χ2n) is 4.52. The smallest absolute Gasteiger partial charge is 0.310 e. The molecule has 1 heterocycles. The zero-order valence-corrected chi connectivity index (χ0v) is 12.0. The maximum atomic E-state index is 11.8. The minimum absolute atomic E-state index is 0.0405. The Morgan fingerprint density at radius 3 is 3.00 bits per heavy atom. The first kappa shape index (κ1) is 15.5. The van der Waals surface area contributed by atoms with Gasteiger partial charge in [-0.25, -0.2) is 4.99 Å². The zero-order chi connectivity index (χ0) is 14.1. The number of piperidine rings is 1. The Hall–Kier alpha value is -1.52. The first-order valence-electron chi connectivity index (χ1n) is 7.03. The summed E-state index contributed by atoms with van der Waals surface area (Å²) in [5.41, 5.74) is 0. The van der Waals surface area contributed by atoms with Crippen LogP contribution in [0.1, 0.15) is 26.7 Å². The number of carbonyl (C=O) groups excluding carboxylic acids is 1. The molecule has 5 nitrogen and oxygen atoms in total. The third-order valence-electron chi connectivity index (χ3n) is 3.05. The summed E-state index contributed by atoms with van der Waals surface area (Å²) in [6.07, 6.45) is 3.66. The molecule has 1 fully saturated rings. The topological polar surface area (TPSA) is 53.9 Å². The van der Waals surface area contributed by atoms with E-state index < -0.39 is 0 Å². The molecule has 1 rings (SSSR count). The lowest BCUT2D eigenvalue weighted by molar-refractivity contribution is -0.149. The number of guanidine groups is 1. The molecule has 0 saturated carbocycles. The van der Waals surface area contributed by atoms with Crippen molar-refractivity contribution in [1.82, 2.24) is 10.2 Å². The van der Waals surface area contributed by atoms with Gasteiger partial charge in [0, 0.05) is 19.6 Å². The van der Waals surface area contributed by atoms with Crippen LogP contribution in [0.5, 0.6) is 0 Å². The Kier molecular flexibility index (Phi) is 7.00. The van der Waals surface area contributed by atoms with Crippen LogP contribution in [0.4, 0.5) is 0 Å². The number of carbonyl (C=O) groups is 1. The van der Waals surface area contributed by atoms with E-state index in [0.717, 1.165) is 31.9 Å². The summed E-state index contributed by atoms with van der Waals surface area (Å²) in [6, 6.07) is 0. The van der Waals surface area contributed by atoms with Crippen LogP contribution >= 0.6 is 0 Å². The first-order chi connectivity index (χ1) is 9.22. The predicted octanol–water partition coefficient (Wildman–Crippen LogP) is 1.41. The van der Waals surface area contributed by atoms with Crippen molar-refractivity contribution < 1.29 is 9.53 Å². The van der Waals surface area contributed by atoms with E-state index in [4.69, 9.17) is 4.74 Å². The second kappa shape index (κ2) is 8.56. The molecule has 0 bridgehead atoms. The Labute approximate surface area is 115 Å². The van der Waals surface area contributed by atoms with Crippen LogP contribution in [0.15, 0.2) is 17.6 Å². The summed E-state index contributed by atoms with van der Waals surface area (Å²) in [4.78, 5) is 18.4. The average Bonchev–Trinajstić information content (AvgIpc) is 2.44. The summed E-state index contributed by atoms with van der Waals surface area (Å²) in [6.45, 7) is 11.0. The van der Waals surface area contributed by atoms with Crippen LogP contribution in [0.25, 0.3) is 0 Å². The molecule has 0 aliphatic carbocycles. The van der Waals surface area contributed by atoms with Crippen molar-refractivity contribution in [2.45, 2.75) is 26.7 Å². The summed E-state index contributed by atoms with van der Waals surface area (Å²) in [5, 5.41) is 3.25. The average molecular weight is 267 g/mol. The lowest BCUT2D eigenvalue weighted by Crippen LogP contribution is -2.48. The van der Waals surface area contributed by atoms with Crippen LogP contribution in [0, 0.1) is 5.92 Å². The molecule has 1 atom stereocenters. The van der Waals surface area contributed by atoms with E-state index in [1.165, 1.54) is 0 Å². The lowest BCUT2D eigenvalue weighted by Gasteiger charge is -2.33. The fraction of sp³-hybridized carbons (Fsp3) is 0.714. The van der Waals surface area contributed by atoms with Crippen molar-refractivity contribution in [3.05, 3.63) is 12.7 Å². The zero-order valence-electron chi connectivity index (χ0n) is 12.0. The Bertz CT molecular complexity index is 329. The highest BCUT2D eigenvalue weighted by atomic mass is 16.5. The highest BCUT2D eigenvalue weighted by Gasteiger charge is 2.28. The van der Waals surface area contributed by atoms with E-state index in [-0.39, 0.29) is 11.9 Å². The van der Waals surface area contributed by atoms with Crippen LogP contribution in [-0.4, -0.2) is 49.6 Å². The summed E-state index contributed by atoms with van der Waals surface area (Å²) in [5.74, 6) is 0.726. The standard InChI is InChI=1S/C14H25N3O2/c1-4-9-16-14(15-5-2)17-10-7-8-12(11-17)13(18)19-6-3/h4,12H,1,5-11H2,2-3H3,(H,15,16). The van der Waals surface area contributed by atoms with Gasteiger partial charge in [-0.3, -0.25) is 4.79 Å². The molecule has 0 radical (unpaired) electrons. The molecule has 1 saturated heterocycles. The van der Waals surface area contributed by atoms with Gasteiger partial charge in [0.15, 0.2) is 5.96 Å². The number of ether oxygens (including phenoxy) is 1. The fourth-order valence-corrected chi connectivity index (χ4v) is 2.20. The van der Waals surface area contributed by atoms with Gasteiger partial charge in [0.05, 0.1) is 19.1 Å². The third kappa shape index (κ3) is 4.93. The molecule has 0 aromatic heterocycles. The Morgan fingerprint density at radius 2 is 2.37 bits per heavy atom. The first-order valence-corrected chi connectivity index (χ1v) is 7.03. The van der Waals surface area contributed by atoms with Gasteiger partial charge in [-0.15, -0.1) is 6.58 Å². The SMILES string of the molecule is C=CCN=C(NCC)N1CCCC(C(=O)OCC)C1. The van der Waals surface area contributed by atoms with E-state index in [2.05, 4.69) is 21.8 Å². The van der Waals surface area contributed by atoms with Crippen molar-refractivity contribution in [2.24, 2.45) is 10.9 Å². The Balaban J connectivity index is 2.64. The molecular formula is C14H25N3O2. The molecule has 0 aromatic rings. The molecule has 5 heteroatoms. The van der Waals surface area contributed by atoms with Crippen molar-refractivity contribution in [1.29, 1.82) is 0 Å². The number of hydrogen-bond donors (Lipinski definition) is 1. The van der Waals surface area contributed by atoms with Crippen LogP contribution < -0.4 is 5.32 Å². The van der Waals surface area contributed by atoms with E-state index in [1.54, 1.807) is 6.08 Å². The molecule has 1 aliphatic rings. The summed E-state index contributed by atoms with van der Waals surface area (Å²) >= 11 is 0. The van der Waals surface area contributed by atoms with Gasteiger partial charge in [-0.1, -0.05) is 6.08 Å². The lowest BCUT2D eigenvalue weighted by atomic mass is 9.98. The van der Waals surface area contributed by atoms with Gasteiger partial charge in [-0.05, 0) is 26.7 Å². The molecule has 0 amide bonds. The number of hydrogen-bond acceptors (Lipinski definition) is 3. The number of nitrogens with zero attached hydrogens (tertiary/aromatic N) is 2. The van der Waals surface area contributed by atoms with Crippen molar-refractivity contribution in [3.8, 4) is 0 Å². The van der Waals surface area contributed by atoms with Gasteiger partial charge in [0.25, 0.3) is 0 Å². The minimum atomic E-state index is -0.0910. The van der Waals surface area contributed by atoms with E-state index in [9.17, 15) is 4.79 Å². The monoisotopic (exact) mass is 267 g/mol. The largest absolute Gasteiger partial charge is 0.466 e. The summed E-state index contributed by atoms with van der Waals surface area (Å²) < 4.78 is 5.11. The van der Waals surface area contributed by atoms with E-state index >= 15 is 0 Å². The number of rotatable bonds is 5. The molecule has 1 unspecified atom stereocenters. The molecule has 1 aliphatic heterocycles. The van der Waals surface area contributed by atoms with Gasteiger partial charge in [0.1, 0.15) is 0 Å². The number of nitrogens with one attached hydrogen (secondary N) is 1. The number of likely N-dealkylation sites (tertiary alicyclic amines) is 1. The van der Waals surface area contributed by atoms with Crippen LogP contribution in [0.3, 0.4) is 0 Å². The van der Waals surface area contributed by atoms with Crippen LogP contribution in [-0.2, 0) is 9.53 Å². The van der Waals surface area contributed by atoms with Gasteiger partial charge < -0.3 is 15.0 Å². The van der Waals surface area contributed by atoms with E-state index in [1.807, 2.05) is 13.8 Å². The van der Waals surface area contributed by atoms with Crippen molar-refractivity contribution in [2.75, 3.05) is 32.8 Å². The van der Waals surface area contributed by atoms with Crippen molar-refractivity contribution >= 4 is 11.9 Å².